The fraction of sp³-hybridized carbons (Fsp3) is 0.938. The van der Waals surface area contributed by atoms with Gasteiger partial charge >= 0.3 is 0 Å². The van der Waals surface area contributed by atoms with Gasteiger partial charge in [-0.3, -0.25) is 4.99 Å². The van der Waals surface area contributed by atoms with E-state index in [4.69, 9.17) is 0 Å². The van der Waals surface area contributed by atoms with Crippen molar-refractivity contribution in [3.05, 3.63) is 0 Å². The topological polar surface area (TPSA) is 73.8 Å². The first-order valence-electron chi connectivity index (χ1n) is 8.75. The van der Waals surface area contributed by atoms with Crippen LogP contribution in [0.5, 0.6) is 0 Å². The zero-order valence-electron chi connectivity index (χ0n) is 15.1. The molecule has 2 aliphatic rings. The molecule has 1 aliphatic carbocycles. The molecule has 0 aromatic carbocycles. The molecular formula is C16H33IN4O2S. The van der Waals surface area contributed by atoms with Crippen molar-refractivity contribution in [2.24, 2.45) is 10.9 Å². The number of sulfone groups is 1. The first-order valence-corrected chi connectivity index (χ1v) is 10.6. The minimum absolute atomic E-state index is 0. The Bertz CT molecular complexity index is 504. The average Bonchev–Trinajstić information content (AvgIpc) is 2.86. The third-order valence-corrected chi connectivity index (χ3v) is 6.90. The van der Waals surface area contributed by atoms with Crippen LogP contribution in [0.1, 0.15) is 38.5 Å². The predicted octanol–water partition coefficient (Wildman–Crippen LogP) is 1.47. The number of nitrogens with one attached hydrogen (secondary N) is 2. The number of rotatable bonds is 5. The summed E-state index contributed by atoms with van der Waals surface area (Å²) in [7, 11) is 3.15. The lowest BCUT2D eigenvalue weighted by Crippen LogP contribution is -2.50. The summed E-state index contributed by atoms with van der Waals surface area (Å²) >= 11 is 0. The van der Waals surface area contributed by atoms with Crippen molar-refractivity contribution in [1.29, 1.82) is 0 Å². The summed E-state index contributed by atoms with van der Waals surface area (Å²) in [5.41, 5.74) is 0. The first kappa shape index (κ1) is 22.0. The van der Waals surface area contributed by atoms with Gasteiger partial charge in [0.2, 0.25) is 0 Å². The molecule has 0 bridgehead atoms. The van der Waals surface area contributed by atoms with E-state index in [2.05, 4.69) is 34.6 Å². The Hall–Kier alpha value is -0.0900. The zero-order valence-corrected chi connectivity index (χ0v) is 18.3. The molecule has 2 rings (SSSR count). The summed E-state index contributed by atoms with van der Waals surface area (Å²) in [6, 6.07) is 0.472. The van der Waals surface area contributed by atoms with Gasteiger partial charge in [0.25, 0.3) is 0 Å². The second kappa shape index (κ2) is 10.2. The first-order chi connectivity index (χ1) is 10.9. The lowest BCUT2D eigenvalue weighted by molar-refractivity contribution is 0.171. The van der Waals surface area contributed by atoms with E-state index in [0.717, 1.165) is 18.4 Å². The summed E-state index contributed by atoms with van der Waals surface area (Å²) < 4.78 is 23.1. The molecule has 1 heterocycles. The van der Waals surface area contributed by atoms with Gasteiger partial charge in [-0.05, 0) is 39.3 Å². The van der Waals surface area contributed by atoms with E-state index in [1.807, 2.05) is 0 Å². The normalized spacial score (nSPS) is 26.0. The second-order valence-corrected chi connectivity index (χ2v) is 9.36. The molecule has 0 amide bonds. The molecule has 1 aliphatic heterocycles. The summed E-state index contributed by atoms with van der Waals surface area (Å²) in [4.78, 5) is 6.56. The van der Waals surface area contributed by atoms with Crippen LogP contribution in [0.3, 0.4) is 0 Å². The minimum atomic E-state index is -2.86. The molecule has 0 aromatic rings. The summed E-state index contributed by atoms with van der Waals surface area (Å²) in [5.74, 6) is 1.95. The molecule has 2 N–H and O–H groups in total. The number of guanidine groups is 1. The lowest BCUT2D eigenvalue weighted by atomic mass is 9.83. The number of halogens is 1. The maximum absolute atomic E-state index is 11.6. The Kier molecular flexibility index (Phi) is 9.29. The fourth-order valence-electron chi connectivity index (χ4n) is 3.79. The molecule has 0 radical (unpaired) electrons. The Morgan fingerprint density at radius 2 is 1.88 bits per heavy atom. The van der Waals surface area contributed by atoms with Crippen molar-refractivity contribution < 1.29 is 8.42 Å². The molecule has 0 spiro atoms. The highest BCUT2D eigenvalue weighted by Gasteiger charge is 2.29. The molecule has 2 unspecified atom stereocenters. The predicted molar refractivity (Wildman–Crippen MR) is 111 cm³/mol. The van der Waals surface area contributed by atoms with Crippen molar-refractivity contribution in [3.63, 3.8) is 0 Å². The zero-order chi connectivity index (χ0) is 16.9. The average molecular weight is 472 g/mol. The van der Waals surface area contributed by atoms with Crippen molar-refractivity contribution >= 4 is 39.8 Å². The Labute approximate surface area is 164 Å². The van der Waals surface area contributed by atoms with Crippen LogP contribution in [0, 0.1) is 5.92 Å². The molecule has 8 heteroatoms. The van der Waals surface area contributed by atoms with Gasteiger partial charge in [-0.15, -0.1) is 24.0 Å². The summed E-state index contributed by atoms with van der Waals surface area (Å²) in [6.07, 6.45) is 7.31. The minimum Gasteiger partial charge on any atom is -0.355 e. The molecule has 142 valence electrons. The molecule has 6 nitrogen and oxygen atoms in total. The van der Waals surface area contributed by atoms with Crippen molar-refractivity contribution in [3.8, 4) is 0 Å². The number of hydrogen-bond donors (Lipinski definition) is 2. The van der Waals surface area contributed by atoms with Gasteiger partial charge in [-0.25, -0.2) is 8.42 Å². The molecular weight excluding hydrogens is 439 g/mol. The van der Waals surface area contributed by atoms with E-state index < -0.39 is 9.84 Å². The van der Waals surface area contributed by atoms with Crippen LogP contribution in [0.15, 0.2) is 4.99 Å². The third-order valence-electron chi connectivity index (χ3n) is 5.13. The molecule has 2 atom stereocenters. The van der Waals surface area contributed by atoms with E-state index in [9.17, 15) is 8.42 Å². The Balaban J connectivity index is 0.00000288. The highest BCUT2D eigenvalue weighted by Crippen LogP contribution is 2.28. The van der Waals surface area contributed by atoms with Crippen LogP contribution in [-0.2, 0) is 9.84 Å². The van der Waals surface area contributed by atoms with E-state index in [0.29, 0.717) is 12.5 Å². The quantitative estimate of drug-likeness (QED) is 0.360. The van der Waals surface area contributed by atoms with Gasteiger partial charge in [0, 0.05) is 25.7 Å². The van der Waals surface area contributed by atoms with Crippen molar-refractivity contribution in [2.45, 2.75) is 50.6 Å². The van der Waals surface area contributed by atoms with Gasteiger partial charge in [-0.2, -0.15) is 0 Å². The van der Waals surface area contributed by atoms with Crippen LogP contribution in [0.4, 0.5) is 0 Å². The van der Waals surface area contributed by atoms with Gasteiger partial charge in [-0.1, -0.05) is 19.3 Å². The Morgan fingerprint density at radius 3 is 2.38 bits per heavy atom. The van der Waals surface area contributed by atoms with Gasteiger partial charge in [0.05, 0.1) is 11.5 Å². The van der Waals surface area contributed by atoms with E-state index in [-0.39, 0.29) is 41.5 Å². The molecule has 0 aromatic heterocycles. The van der Waals surface area contributed by atoms with Crippen molar-refractivity contribution in [1.82, 2.24) is 15.5 Å². The summed E-state index contributed by atoms with van der Waals surface area (Å²) in [5, 5.41) is 6.66. The van der Waals surface area contributed by atoms with Gasteiger partial charge in [0.15, 0.2) is 15.8 Å². The molecule has 1 saturated carbocycles. The molecule has 2 fully saturated rings. The monoisotopic (exact) mass is 472 g/mol. The lowest BCUT2D eigenvalue weighted by Gasteiger charge is -2.35. The van der Waals surface area contributed by atoms with Crippen LogP contribution < -0.4 is 10.6 Å². The molecule has 24 heavy (non-hydrogen) atoms. The van der Waals surface area contributed by atoms with Gasteiger partial charge < -0.3 is 15.5 Å². The maximum atomic E-state index is 11.6. The maximum Gasteiger partial charge on any atom is 0.191 e. The largest absolute Gasteiger partial charge is 0.355 e. The SMILES string of the molecule is CN=C(NCC(C1CCCCC1)N(C)C)NC1CCS(=O)(=O)C1.I. The Morgan fingerprint density at radius 1 is 1.21 bits per heavy atom. The van der Waals surface area contributed by atoms with Gasteiger partial charge in [0.1, 0.15) is 0 Å². The van der Waals surface area contributed by atoms with E-state index >= 15 is 0 Å². The summed E-state index contributed by atoms with van der Waals surface area (Å²) in [6.45, 7) is 0.844. The highest BCUT2D eigenvalue weighted by atomic mass is 127. The smallest absolute Gasteiger partial charge is 0.191 e. The third kappa shape index (κ3) is 6.67. The van der Waals surface area contributed by atoms with Crippen LogP contribution >= 0.6 is 24.0 Å². The number of hydrogen-bond acceptors (Lipinski definition) is 4. The van der Waals surface area contributed by atoms with E-state index in [1.54, 1.807) is 7.05 Å². The van der Waals surface area contributed by atoms with Crippen molar-refractivity contribution in [2.75, 3.05) is 39.2 Å². The second-order valence-electron chi connectivity index (χ2n) is 7.13. The number of aliphatic imine (C=N–C) groups is 1. The van der Waals surface area contributed by atoms with Crippen LogP contribution in [0.2, 0.25) is 0 Å². The van der Waals surface area contributed by atoms with Crippen LogP contribution in [0.25, 0.3) is 0 Å². The van der Waals surface area contributed by atoms with E-state index in [1.165, 1.54) is 32.1 Å². The number of nitrogens with zero attached hydrogens (tertiary/aromatic N) is 2. The number of likely N-dealkylation sites (N-methyl/N-ethyl adjacent to an activating group) is 1. The standard InChI is InChI=1S/C16H32N4O2S.HI/c1-17-16(19-14-9-10-23(21,22)12-14)18-11-15(20(2)3)13-7-5-4-6-8-13;/h13-15H,4-12H2,1-3H3,(H2,17,18,19);1H. The molecule has 1 saturated heterocycles. The highest BCUT2D eigenvalue weighted by molar-refractivity contribution is 14.0. The van der Waals surface area contributed by atoms with Crippen LogP contribution in [-0.4, -0.2) is 70.6 Å². The fourth-order valence-corrected chi connectivity index (χ4v) is 5.46.